The van der Waals surface area contributed by atoms with Crippen LogP contribution >= 0.6 is 0 Å². The van der Waals surface area contributed by atoms with Crippen molar-refractivity contribution in [2.75, 3.05) is 0 Å². The van der Waals surface area contributed by atoms with Gasteiger partial charge >= 0.3 is 0 Å². The van der Waals surface area contributed by atoms with Crippen LogP contribution in [0.2, 0.25) is 0 Å². The van der Waals surface area contributed by atoms with Crippen LogP contribution in [-0.2, 0) is 9.59 Å². The molecule has 1 aliphatic rings. The molecule has 0 spiro atoms. The minimum absolute atomic E-state index is 0.121. The average molecular weight is 294 g/mol. The molecule has 0 fully saturated rings. The number of hydrogen-bond acceptors (Lipinski definition) is 3. The van der Waals surface area contributed by atoms with Crippen LogP contribution in [-0.4, -0.2) is 16.7 Å². The third-order valence-corrected chi connectivity index (χ3v) is 2.52. The summed E-state index contributed by atoms with van der Waals surface area (Å²) in [5.74, 6) is 0.0803. The molecule has 0 radical (unpaired) electrons. The first-order valence-electron chi connectivity index (χ1n) is 6.77. The number of phenolic OH excluding ortho intramolecular Hbond substituents is 1. The fraction of sp³-hybridized carbons (Fsp3) is 0.0526. The highest BCUT2D eigenvalue weighted by Crippen LogP contribution is 2.02. The second-order valence-corrected chi connectivity index (χ2v) is 4.46. The molecule has 0 atom stereocenters. The SMILES string of the molecule is Cc1ccccc1.O=C1C=CC(=O)C=C1.Oc1ccccc1. The molecule has 112 valence electrons. The molecule has 2 aromatic carbocycles. The summed E-state index contributed by atoms with van der Waals surface area (Å²) in [5.41, 5.74) is 1.32. The van der Waals surface area contributed by atoms with Crippen LogP contribution in [0.1, 0.15) is 5.56 Å². The van der Waals surface area contributed by atoms with Crippen LogP contribution in [0.15, 0.2) is 85.0 Å². The molecule has 2 aromatic rings. The standard InChI is InChI=1S/C7H8.C6H4O2.C6H6O/c1-7-5-3-2-4-6-7;7-5-1-2-6(8)4-3-5;7-6-4-2-1-3-5-6/h2-6H,1H3;1-4H;1-5,7H. The van der Waals surface area contributed by atoms with E-state index in [0.717, 1.165) is 0 Å². The van der Waals surface area contributed by atoms with E-state index in [1.165, 1.54) is 29.9 Å². The summed E-state index contributed by atoms with van der Waals surface area (Å²) >= 11 is 0. The number of para-hydroxylation sites is 1. The highest BCUT2D eigenvalue weighted by atomic mass is 16.3. The number of benzene rings is 2. The fourth-order valence-corrected chi connectivity index (χ4v) is 1.40. The number of ketones is 2. The van der Waals surface area contributed by atoms with Gasteiger partial charge in [0.15, 0.2) is 11.6 Å². The maximum absolute atomic E-state index is 10.3. The van der Waals surface area contributed by atoms with Gasteiger partial charge < -0.3 is 5.11 Å². The van der Waals surface area contributed by atoms with Gasteiger partial charge in [0.2, 0.25) is 0 Å². The van der Waals surface area contributed by atoms with Crippen LogP contribution in [0.3, 0.4) is 0 Å². The number of carbonyl (C=O) groups excluding carboxylic acids is 2. The number of hydrogen-bond donors (Lipinski definition) is 1. The van der Waals surface area contributed by atoms with Gasteiger partial charge in [0.1, 0.15) is 5.75 Å². The summed E-state index contributed by atoms with van der Waals surface area (Å²) in [6, 6.07) is 19.0. The van der Waals surface area contributed by atoms with Gasteiger partial charge in [0, 0.05) is 0 Å². The summed E-state index contributed by atoms with van der Waals surface area (Å²) in [7, 11) is 0. The Hall–Kier alpha value is -2.94. The van der Waals surface area contributed by atoms with Crippen molar-refractivity contribution in [2.45, 2.75) is 6.92 Å². The molecule has 22 heavy (non-hydrogen) atoms. The predicted molar refractivity (Wildman–Crippen MR) is 87.6 cm³/mol. The van der Waals surface area contributed by atoms with Gasteiger partial charge in [0.05, 0.1) is 0 Å². The first-order chi connectivity index (χ1) is 10.6. The Morgan fingerprint density at radius 3 is 1.23 bits per heavy atom. The van der Waals surface area contributed by atoms with Crippen LogP contribution < -0.4 is 0 Å². The maximum atomic E-state index is 10.3. The van der Waals surface area contributed by atoms with Crippen molar-refractivity contribution in [1.82, 2.24) is 0 Å². The van der Waals surface area contributed by atoms with Gasteiger partial charge in [0.25, 0.3) is 0 Å². The van der Waals surface area contributed by atoms with Gasteiger partial charge in [-0.25, -0.2) is 0 Å². The predicted octanol–water partition coefficient (Wildman–Crippen LogP) is 3.64. The van der Waals surface area contributed by atoms with Crippen molar-refractivity contribution in [1.29, 1.82) is 0 Å². The van der Waals surface area contributed by atoms with Crippen molar-refractivity contribution >= 4 is 11.6 Å². The topological polar surface area (TPSA) is 54.4 Å². The molecule has 3 heteroatoms. The first kappa shape index (κ1) is 17.1. The molecule has 0 aliphatic heterocycles. The normalized spacial score (nSPS) is 11.9. The minimum Gasteiger partial charge on any atom is -0.508 e. The van der Waals surface area contributed by atoms with Gasteiger partial charge in [-0.3, -0.25) is 9.59 Å². The van der Waals surface area contributed by atoms with E-state index in [0.29, 0.717) is 5.75 Å². The summed E-state index contributed by atoms with van der Waals surface area (Å²) in [4.78, 5) is 20.6. The summed E-state index contributed by atoms with van der Waals surface area (Å²) in [5, 5.41) is 8.63. The van der Waals surface area contributed by atoms with Crippen molar-refractivity contribution in [3.05, 3.63) is 90.5 Å². The van der Waals surface area contributed by atoms with Crippen LogP contribution in [0.25, 0.3) is 0 Å². The Balaban J connectivity index is 0.000000166. The Morgan fingerprint density at radius 1 is 0.636 bits per heavy atom. The molecule has 1 N–H and O–H groups in total. The number of rotatable bonds is 0. The lowest BCUT2D eigenvalue weighted by Crippen LogP contribution is -1.97. The van der Waals surface area contributed by atoms with Crippen molar-refractivity contribution in [2.24, 2.45) is 0 Å². The van der Waals surface area contributed by atoms with Gasteiger partial charge in [-0.2, -0.15) is 0 Å². The van der Waals surface area contributed by atoms with Gasteiger partial charge in [-0.1, -0.05) is 54.1 Å². The lowest BCUT2D eigenvalue weighted by Gasteiger charge is -1.87. The third kappa shape index (κ3) is 8.27. The maximum Gasteiger partial charge on any atom is 0.178 e. The zero-order chi connectivity index (χ0) is 16.2. The number of carbonyl (C=O) groups is 2. The summed E-state index contributed by atoms with van der Waals surface area (Å²) in [6.45, 7) is 2.08. The van der Waals surface area contributed by atoms with Crippen LogP contribution in [0.5, 0.6) is 5.75 Å². The number of allylic oxidation sites excluding steroid dienone is 4. The Kier molecular flexibility index (Phi) is 7.69. The van der Waals surface area contributed by atoms with Gasteiger partial charge in [-0.15, -0.1) is 0 Å². The second kappa shape index (κ2) is 9.88. The highest BCUT2D eigenvalue weighted by molar-refractivity contribution is 6.14. The molecule has 0 bridgehead atoms. The zero-order valence-electron chi connectivity index (χ0n) is 12.3. The first-order valence-corrected chi connectivity index (χ1v) is 6.77. The zero-order valence-corrected chi connectivity index (χ0v) is 12.3. The molecule has 0 unspecified atom stereocenters. The fourth-order valence-electron chi connectivity index (χ4n) is 1.40. The van der Waals surface area contributed by atoms with Crippen LogP contribution in [0.4, 0.5) is 0 Å². The van der Waals surface area contributed by atoms with Crippen molar-refractivity contribution < 1.29 is 14.7 Å². The van der Waals surface area contributed by atoms with E-state index in [2.05, 4.69) is 19.1 Å². The molecule has 3 nitrogen and oxygen atoms in total. The largest absolute Gasteiger partial charge is 0.508 e. The summed E-state index contributed by atoms with van der Waals surface area (Å²) in [6.07, 6.45) is 5.01. The summed E-state index contributed by atoms with van der Waals surface area (Å²) < 4.78 is 0. The molecule has 1 aliphatic carbocycles. The second-order valence-electron chi connectivity index (χ2n) is 4.46. The lowest BCUT2D eigenvalue weighted by molar-refractivity contribution is -0.113. The molecular weight excluding hydrogens is 276 g/mol. The van der Waals surface area contributed by atoms with Gasteiger partial charge in [-0.05, 0) is 43.4 Å². The van der Waals surface area contributed by atoms with E-state index < -0.39 is 0 Å². The monoisotopic (exact) mass is 294 g/mol. The molecule has 0 saturated heterocycles. The van der Waals surface area contributed by atoms with E-state index in [-0.39, 0.29) is 11.6 Å². The molecule has 0 amide bonds. The number of aromatic hydroxyl groups is 1. The van der Waals surface area contributed by atoms with E-state index in [4.69, 9.17) is 5.11 Å². The van der Waals surface area contributed by atoms with E-state index >= 15 is 0 Å². The highest BCUT2D eigenvalue weighted by Gasteiger charge is 1.97. The average Bonchev–Trinajstić information content (AvgIpc) is 2.53. The van der Waals surface area contributed by atoms with E-state index in [1.807, 2.05) is 24.3 Å². The smallest absolute Gasteiger partial charge is 0.178 e. The molecule has 0 aromatic heterocycles. The van der Waals surface area contributed by atoms with Crippen molar-refractivity contribution in [3.8, 4) is 5.75 Å². The molecule has 0 heterocycles. The Morgan fingerprint density at radius 2 is 1.00 bits per heavy atom. The van der Waals surface area contributed by atoms with Crippen molar-refractivity contribution in [3.63, 3.8) is 0 Å². The third-order valence-electron chi connectivity index (χ3n) is 2.52. The Bertz CT molecular complexity index is 565. The number of phenols is 1. The molecule has 3 rings (SSSR count). The van der Waals surface area contributed by atoms with E-state index in [1.54, 1.807) is 24.3 Å². The van der Waals surface area contributed by atoms with E-state index in [9.17, 15) is 9.59 Å². The molecule has 0 saturated carbocycles. The molecular formula is C19H18O3. The van der Waals surface area contributed by atoms with Crippen LogP contribution in [0, 0.1) is 6.92 Å². The number of aryl methyl sites for hydroxylation is 1. The quantitative estimate of drug-likeness (QED) is 0.755. The lowest BCUT2D eigenvalue weighted by atomic mass is 10.2. The Labute approximate surface area is 130 Å². The minimum atomic E-state index is -0.121.